The Bertz CT molecular complexity index is 483. The molecule has 0 spiro atoms. The van der Waals surface area contributed by atoms with Gasteiger partial charge in [-0.05, 0) is 52.8 Å². The van der Waals surface area contributed by atoms with Crippen LogP contribution in [0.3, 0.4) is 0 Å². The number of aromatic amines is 1. The third-order valence-corrected chi connectivity index (χ3v) is 3.43. The van der Waals surface area contributed by atoms with Gasteiger partial charge in [-0.2, -0.15) is 0 Å². The maximum atomic E-state index is 5.06. The molecule has 4 heteroatoms. The lowest BCUT2D eigenvalue weighted by molar-refractivity contribution is 1.43. The predicted octanol–water partition coefficient (Wildman–Crippen LogP) is 4.03. The summed E-state index contributed by atoms with van der Waals surface area (Å²) in [6.45, 7) is 2.08. The molecule has 0 aliphatic rings. The highest BCUT2D eigenvalue weighted by atomic mass is 79.9. The van der Waals surface area contributed by atoms with E-state index in [1.54, 1.807) is 11.3 Å². The number of hydrogen-bond acceptors (Lipinski definition) is 2. The van der Waals surface area contributed by atoms with Gasteiger partial charge < -0.3 is 4.98 Å². The van der Waals surface area contributed by atoms with Crippen molar-refractivity contribution in [2.45, 2.75) is 6.92 Å². The third kappa shape index (κ3) is 1.34. The van der Waals surface area contributed by atoms with Gasteiger partial charge in [0.05, 0.1) is 10.2 Å². The van der Waals surface area contributed by atoms with Crippen molar-refractivity contribution in [2.24, 2.45) is 0 Å². The number of H-pyrrole nitrogens is 1. The summed E-state index contributed by atoms with van der Waals surface area (Å²) >= 11 is 10.2. The molecule has 1 heterocycles. The number of aryl methyl sites for hydroxylation is 1. The quantitative estimate of drug-likeness (QED) is 0.707. The van der Waals surface area contributed by atoms with E-state index in [2.05, 4.69) is 40.0 Å². The van der Waals surface area contributed by atoms with Crippen molar-refractivity contribution >= 4 is 49.7 Å². The normalized spacial score (nSPS) is 10.8. The second kappa shape index (κ2) is 2.94. The van der Waals surface area contributed by atoms with E-state index in [1.807, 2.05) is 0 Å². The Labute approximate surface area is 87.6 Å². The molecule has 2 aromatic rings. The SMILES string of the molecule is Cc1cc(Br)c2[nH]c(=S)sc2c1. The largest absolute Gasteiger partial charge is 0.336 e. The molecule has 0 atom stereocenters. The van der Waals surface area contributed by atoms with Crippen LogP contribution in [0.25, 0.3) is 10.2 Å². The lowest BCUT2D eigenvalue weighted by atomic mass is 10.2. The molecule has 0 fully saturated rings. The van der Waals surface area contributed by atoms with E-state index < -0.39 is 0 Å². The summed E-state index contributed by atoms with van der Waals surface area (Å²) in [6.07, 6.45) is 0. The van der Waals surface area contributed by atoms with E-state index >= 15 is 0 Å². The molecular weight excluding hydrogens is 254 g/mol. The molecule has 0 unspecified atom stereocenters. The first-order valence-corrected chi connectivity index (χ1v) is 5.47. The van der Waals surface area contributed by atoms with E-state index in [9.17, 15) is 0 Å². The van der Waals surface area contributed by atoms with Crippen LogP contribution in [0.2, 0.25) is 0 Å². The Balaban J connectivity index is 2.97. The van der Waals surface area contributed by atoms with Crippen LogP contribution in [0.1, 0.15) is 5.56 Å². The first-order chi connectivity index (χ1) is 5.66. The summed E-state index contributed by atoms with van der Waals surface area (Å²) in [5.74, 6) is 0. The number of nitrogens with one attached hydrogen (secondary N) is 1. The van der Waals surface area contributed by atoms with Crippen molar-refractivity contribution in [1.82, 2.24) is 4.98 Å². The Morgan fingerprint density at radius 1 is 1.50 bits per heavy atom. The van der Waals surface area contributed by atoms with Gasteiger partial charge in [-0.15, -0.1) is 11.3 Å². The summed E-state index contributed by atoms with van der Waals surface area (Å²) in [6, 6.07) is 4.22. The topological polar surface area (TPSA) is 15.8 Å². The fourth-order valence-electron chi connectivity index (χ4n) is 1.14. The molecule has 2 rings (SSSR count). The number of fused-ring (bicyclic) bond motifs is 1. The van der Waals surface area contributed by atoms with Crippen molar-refractivity contribution in [1.29, 1.82) is 0 Å². The van der Waals surface area contributed by atoms with Gasteiger partial charge in [-0.1, -0.05) is 0 Å². The lowest BCUT2D eigenvalue weighted by Crippen LogP contribution is -1.74. The second-order valence-electron chi connectivity index (χ2n) is 2.63. The number of aromatic nitrogens is 1. The van der Waals surface area contributed by atoms with Crippen molar-refractivity contribution in [2.75, 3.05) is 0 Å². The van der Waals surface area contributed by atoms with Crippen LogP contribution in [-0.4, -0.2) is 4.98 Å². The zero-order valence-corrected chi connectivity index (χ0v) is 9.57. The smallest absolute Gasteiger partial charge is 0.159 e. The van der Waals surface area contributed by atoms with E-state index in [0.29, 0.717) is 0 Å². The Morgan fingerprint density at radius 3 is 3.00 bits per heavy atom. The van der Waals surface area contributed by atoms with Gasteiger partial charge in [0.15, 0.2) is 3.95 Å². The van der Waals surface area contributed by atoms with Gasteiger partial charge in [0.2, 0.25) is 0 Å². The highest BCUT2D eigenvalue weighted by molar-refractivity contribution is 9.10. The molecule has 0 saturated heterocycles. The van der Waals surface area contributed by atoms with Crippen LogP contribution in [0.5, 0.6) is 0 Å². The fourth-order valence-corrected chi connectivity index (χ4v) is 3.18. The van der Waals surface area contributed by atoms with Gasteiger partial charge in [0, 0.05) is 4.47 Å². The van der Waals surface area contributed by atoms with Crippen LogP contribution in [0.4, 0.5) is 0 Å². The van der Waals surface area contributed by atoms with Crippen LogP contribution in [-0.2, 0) is 0 Å². The van der Waals surface area contributed by atoms with Crippen molar-refractivity contribution < 1.29 is 0 Å². The molecule has 0 aliphatic heterocycles. The average Bonchev–Trinajstić information content (AvgIpc) is 2.29. The molecule has 1 aromatic carbocycles. The maximum Gasteiger partial charge on any atom is 0.159 e. The van der Waals surface area contributed by atoms with Crippen LogP contribution >= 0.6 is 39.5 Å². The molecule has 1 N–H and O–H groups in total. The fraction of sp³-hybridized carbons (Fsp3) is 0.125. The average molecular weight is 260 g/mol. The highest BCUT2D eigenvalue weighted by Gasteiger charge is 2.01. The van der Waals surface area contributed by atoms with Gasteiger partial charge in [0.25, 0.3) is 0 Å². The zero-order valence-electron chi connectivity index (χ0n) is 6.35. The Hall–Kier alpha value is -0.190. The highest BCUT2D eigenvalue weighted by Crippen LogP contribution is 2.27. The third-order valence-electron chi connectivity index (χ3n) is 1.63. The summed E-state index contributed by atoms with van der Waals surface area (Å²) in [4.78, 5) is 3.14. The minimum Gasteiger partial charge on any atom is -0.336 e. The molecule has 0 bridgehead atoms. The minimum absolute atomic E-state index is 0.830. The molecule has 0 saturated carbocycles. The number of halogens is 1. The van der Waals surface area contributed by atoms with Crippen molar-refractivity contribution in [3.8, 4) is 0 Å². The molecule has 12 heavy (non-hydrogen) atoms. The van der Waals surface area contributed by atoms with Gasteiger partial charge in [0.1, 0.15) is 0 Å². The minimum atomic E-state index is 0.830. The van der Waals surface area contributed by atoms with Gasteiger partial charge >= 0.3 is 0 Å². The molecule has 0 amide bonds. The van der Waals surface area contributed by atoms with E-state index in [1.165, 1.54) is 10.3 Å². The monoisotopic (exact) mass is 259 g/mol. The molecule has 1 nitrogen and oxygen atoms in total. The molecular formula is C8H6BrNS2. The Morgan fingerprint density at radius 2 is 2.25 bits per heavy atom. The zero-order chi connectivity index (χ0) is 8.72. The molecule has 62 valence electrons. The van der Waals surface area contributed by atoms with Gasteiger partial charge in [-0.25, -0.2) is 0 Å². The first-order valence-electron chi connectivity index (χ1n) is 3.46. The van der Waals surface area contributed by atoms with Gasteiger partial charge in [-0.3, -0.25) is 0 Å². The van der Waals surface area contributed by atoms with Crippen LogP contribution < -0.4 is 0 Å². The maximum absolute atomic E-state index is 5.06. The molecule has 1 aromatic heterocycles. The van der Waals surface area contributed by atoms with Crippen LogP contribution in [0.15, 0.2) is 16.6 Å². The lowest BCUT2D eigenvalue weighted by Gasteiger charge is -1.95. The van der Waals surface area contributed by atoms with Crippen molar-refractivity contribution in [3.63, 3.8) is 0 Å². The van der Waals surface area contributed by atoms with E-state index in [4.69, 9.17) is 12.2 Å². The molecule has 0 radical (unpaired) electrons. The molecule has 0 aliphatic carbocycles. The summed E-state index contributed by atoms with van der Waals surface area (Å²) in [5.41, 5.74) is 2.36. The summed E-state index contributed by atoms with van der Waals surface area (Å²) in [5, 5.41) is 0. The van der Waals surface area contributed by atoms with E-state index in [0.717, 1.165) is 13.9 Å². The summed E-state index contributed by atoms with van der Waals surface area (Å²) in [7, 11) is 0. The number of benzene rings is 1. The van der Waals surface area contributed by atoms with E-state index in [-0.39, 0.29) is 0 Å². The van der Waals surface area contributed by atoms with Crippen LogP contribution in [0, 0.1) is 10.9 Å². The second-order valence-corrected chi connectivity index (χ2v) is 5.21. The predicted molar refractivity (Wildman–Crippen MR) is 59.4 cm³/mol. The number of thiazole rings is 1. The summed E-state index contributed by atoms with van der Waals surface area (Å²) < 4.78 is 3.13. The number of hydrogen-bond donors (Lipinski definition) is 1. The van der Waals surface area contributed by atoms with Crippen molar-refractivity contribution in [3.05, 3.63) is 26.1 Å². The number of rotatable bonds is 0. The standard InChI is InChI=1S/C8H6BrNS2/c1-4-2-5(9)7-6(3-4)12-8(11)10-7/h2-3H,1H3,(H,10,11). The first kappa shape index (κ1) is 8.41. The Kier molecular flexibility index (Phi) is 2.06.